The van der Waals surface area contributed by atoms with Crippen molar-refractivity contribution in [1.29, 1.82) is 0 Å². The fourth-order valence-corrected chi connectivity index (χ4v) is 3.59. The maximum atomic E-state index is 13.4. The van der Waals surface area contributed by atoms with Crippen LogP contribution in [0.2, 0.25) is 0 Å². The van der Waals surface area contributed by atoms with Crippen LogP contribution in [0.5, 0.6) is 0 Å². The Balaban J connectivity index is 1.50. The van der Waals surface area contributed by atoms with Crippen molar-refractivity contribution < 1.29 is 9.18 Å². The molecular weight excluding hydrogens is 347 g/mol. The lowest BCUT2D eigenvalue weighted by molar-refractivity contribution is 0.0703. The van der Waals surface area contributed by atoms with Gasteiger partial charge in [-0.15, -0.1) is 10.2 Å². The molecule has 4 rings (SSSR count). The molecule has 0 N–H and O–H groups in total. The van der Waals surface area contributed by atoms with Crippen molar-refractivity contribution in [2.24, 2.45) is 7.05 Å². The number of hydrogen-bond acceptors (Lipinski definition) is 4. The second kappa shape index (κ2) is 7.30. The molecule has 1 atom stereocenters. The average Bonchev–Trinajstić information content (AvgIpc) is 3.32. The maximum absolute atomic E-state index is 13.4. The molecule has 3 aromatic rings. The second-order valence-corrected chi connectivity index (χ2v) is 6.87. The fraction of sp³-hybridized carbons (Fsp3) is 0.368. The highest BCUT2D eigenvalue weighted by Gasteiger charge is 2.29. The smallest absolute Gasteiger partial charge is 0.253 e. The van der Waals surface area contributed by atoms with Gasteiger partial charge >= 0.3 is 0 Å². The van der Waals surface area contributed by atoms with E-state index in [1.54, 1.807) is 29.6 Å². The highest BCUT2D eigenvalue weighted by atomic mass is 19.1. The first-order valence-electron chi connectivity index (χ1n) is 9.00. The molecule has 1 aliphatic heterocycles. The molecule has 0 saturated carbocycles. The van der Waals surface area contributed by atoms with Crippen LogP contribution in [0.1, 0.15) is 40.8 Å². The van der Waals surface area contributed by atoms with Crippen molar-refractivity contribution in [3.05, 3.63) is 66.0 Å². The highest BCUT2D eigenvalue weighted by molar-refractivity contribution is 5.94. The number of carbonyl (C=O) groups is 1. The zero-order chi connectivity index (χ0) is 18.8. The van der Waals surface area contributed by atoms with Crippen LogP contribution in [-0.2, 0) is 13.6 Å². The van der Waals surface area contributed by atoms with Crippen molar-refractivity contribution >= 4 is 5.91 Å². The standard InChI is InChI=1S/C19H21FN6O/c1-24-17(12-25-9-7-21-13-25)22-23-18(24)15-5-3-8-26(11-15)19(27)14-4-2-6-16(20)10-14/h2,4,6-7,9-10,13,15H,3,5,8,11-12H2,1H3/t15-/m1/s1. The Morgan fingerprint density at radius 2 is 2.22 bits per heavy atom. The van der Waals surface area contributed by atoms with Gasteiger partial charge in [-0.25, -0.2) is 9.37 Å². The van der Waals surface area contributed by atoms with E-state index < -0.39 is 5.82 Å². The van der Waals surface area contributed by atoms with E-state index >= 15 is 0 Å². The number of nitrogens with zero attached hydrogens (tertiary/aromatic N) is 6. The quantitative estimate of drug-likeness (QED) is 0.708. The molecule has 0 unspecified atom stereocenters. The number of aromatic nitrogens is 5. The Kier molecular flexibility index (Phi) is 4.70. The minimum absolute atomic E-state index is 0.116. The zero-order valence-corrected chi connectivity index (χ0v) is 15.1. The SMILES string of the molecule is Cn1c(Cn2ccnc2)nnc1[C@@H]1CCCN(C(=O)c2cccc(F)c2)C1. The van der Waals surface area contributed by atoms with Crippen LogP contribution in [0.25, 0.3) is 0 Å². The number of rotatable bonds is 4. The van der Waals surface area contributed by atoms with Gasteiger partial charge in [0.2, 0.25) is 0 Å². The van der Waals surface area contributed by atoms with Crippen LogP contribution in [0, 0.1) is 5.82 Å². The van der Waals surface area contributed by atoms with E-state index in [1.807, 2.05) is 22.4 Å². The van der Waals surface area contributed by atoms with Gasteiger partial charge in [-0.2, -0.15) is 0 Å². The lowest BCUT2D eigenvalue weighted by Gasteiger charge is -2.32. The number of benzene rings is 1. The third-order valence-electron chi connectivity index (χ3n) is 5.03. The normalized spacial score (nSPS) is 17.3. The third kappa shape index (κ3) is 3.60. The van der Waals surface area contributed by atoms with Gasteiger partial charge in [-0.05, 0) is 31.0 Å². The zero-order valence-electron chi connectivity index (χ0n) is 15.1. The highest BCUT2D eigenvalue weighted by Crippen LogP contribution is 2.27. The van der Waals surface area contributed by atoms with E-state index in [0.29, 0.717) is 25.2 Å². The van der Waals surface area contributed by atoms with Crippen molar-refractivity contribution in [1.82, 2.24) is 29.2 Å². The van der Waals surface area contributed by atoms with Crippen LogP contribution < -0.4 is 0 Å². The first-order valence-corrected chi connectivity index (χ1v) is 9.00. The Hall–Kier alpha value is -3.03. The minimum Gasteiger partial charge on any atom is -0.338 e. The van der Waals surface area contributed by atoms with E-state index in [9.17, 15) is 9.18 Å². The Morgan fingerprint density at radius 3 is 3.00 bits per heavy atom. The molecule has 0 spiro atoms. The summed E-state index contributed by atoms with van der Waals surface area (Å²) < 4.78 is 17.4. The van der Waals surface area contributed by atoms with Crippen LogP contribution in [0.4, 0.5) is 4.39 Å². The van der Waals surface area contributed by atoms with Gasteiger partial charge in [-0.3, -0.25) is 4.79 Å². The number of halogens is 1. The van der Waals surface area contributed by atoms with E-state index in [0.717, 1.165) is 24.5 Å². The summed E-state index contributed by atoms with van der Waals surface area (Å²) in [5.74, 6) is 1.30. The Morgan fingerprint density at radius 1 is 1.33 bits per heavy atom. The maximum Gasteiger partial charge on any atom is 0.253 e. The molecule has 3 heterocycles. The molecule has 1 saturated heterocycles. The average molecular weight is 368 g/mol. The minimum atomic E-state index is -0.396. The monoisotopic (exact) mass is 368 g/mol. The van der Waals surface area contributed by atoms with E-state index in [-0.39, 0.29) is 11.8 Å². The van der Waals surface area contributed by atoms with Crippen molar-refractivity contribution in [2.75, 3.05) is 13.1 Å². The Labute approximate surface area is 156 Å². The third-order valence-corrected chi connectivity index (χ3v) is 5.03. The summed E-state index contributed by atoms with van der Waals surface area (Å²) in [7, 11) is 1.95. The molecule has 0 bridgehead atoms. The van der Waals surface area contributed by atoms with Crippen molar-refractivity contribution in [3.63, 3.8) is 0 Å². The lowest BCUT2D eigenvalue weighted by atomic mass is 9.96. The van der Waals surface area contributed by atoms with Crippen LogP contribution in [0.15, 0.2) is 43.0 Å². The number of likely N-dealkylation sites (tertiary alicyclic amines) is 1. The summed E-state index contributed by atoms with van der Waals surface area (Å²) in [6.45, 7) is 1.83. The summed E-state index contributed by atoms with van der Waals surface area (Å²) in [6.07, 6.45) is 7.19. The molecule has 1 fully saturated rings. The number of amides is 1. The van der Waals surface area contributed by atoms with Gasteiger partial charge in [0, 0.05) is 44.0 Å². The van der Waals surface area contributed by atoms with Gasteiger partial charge in [0.15, 0.2) is 5.82 Å². The topological polar surface area (TPSA) is 68.8 Å². The van der Waals surface area contributed by atoms with Crippen LogP contribution in [0.3, 0.4) is 0 Å². The second-order valence-electron chi connectivity index (χ2n) is 6.87. The lowest BCUT2D eigenvalue weighted by Crippen LogP contribution is -2.39. The van der Waals surface area contributed by atoms with Crippen molar-refractivity contribution in [2.45, 2.75) is 25.3 Å². The molecular formula is C19H21FN6O. The number of carbonyl (C=O) groups excluding carboxylic acids is 1. The van der Waals surface area contributed by atoms with E-state index in [4.69, 9.17) is 0 Å². The molecule has 8 heteroatoms. The number of hydrogen-bond donors (Lipinski definition) is 0. The molecule has 0 aliphatic carbocycles. The summed E-state index contributed by atoms with van der Waals surface area (Å²) in [4.78, 5) is 18.6. The molecule has 1 aliphatic rings. The van der Waals surface area contributed by atoms with Crippen LogP contribution >= 0.6 is 0 Å². The molecule has 27 heavy (non-hydrogen) atoms. The summed E-state index contributed by atoms with van der Waals surface area (Å²) in [6, 6.07) is 5.85. The molecule has 1 aromatic carbocycles. The van der Waals surface area contributed by atoms with Crippen molar-refractivity contribution in [3.8, 4) is 0 Å². The van der Waals surface area contributed by atoms with E-state index in [2.05, 4.69) is 15.2 Å². The van der Waals surface area contributed by atoms with Gasteiger partial charge < -0.3 is 14.0 Å². The first kappa shape index (κ1) is 17.4. The molecule has 7 nitrogen and oxygen atoms in total. The van der Waals surface area contributed by atoms with Crippen LogP contribution in [-0.4, -0.2) is 48.2 Å². The van der Waals surface area contributed by atoms with Gasteiger partial charge in [0.05, 0.1) is 12.9 Å². The summed E-state index contributed by atoms with van der Waals surface area (Å²) >= 11 is 0. The number of imidazole rings is 1. The predicted molar refractivity (Wildman–Crippen MR) is 96.6 cm³/mol. The molecule has 2 aromatic heterocycles. The van der Waals surface area contributed by atoms with Gasteiger partial charge in [0.25, 0.3) is 5.91 Å². The van der Waals surface area contributed by atoms with Gasteiger partial charge in [0.1, 0.15) is 11.6 Å². The largest absolute Gasteiger partial charge is 0.338 e. The van der Waals surface area contributed by atoms with Gasteiger partial charge in [-0.1, -0.05) is 6.07 Å². The van der Waals surface area contributed by atoms with E-state index in [1.165, 1.54) is 12.1 Å². The fourth-order valence-electron chi connectivity index (χ4n) is 3.59. The summed E-state index contributed by atoms with van der Waals surface area (Å²) in [5, 5.41) is 8.70. The first-order chi connectivity index (χ1) is 13.1. The molecule has 140 valence electrons. The molecule has 1 amide bonds. The number of piperidine rings is 1. The summed E-state index contributed by atoms with van der Waals surface area (Å²) in [5.41, 5.74) is 0.384. The predicted octanol–water partition coefficient (Wildman–Crippen LogP) is 2.22. The molecule has 0 radical (unpaired) electrons. The Bertz CT molecular complexity index is 936.